The summed E-state index contributed by atoms with van der Waals surface area (Å²) in [5, 5.41) is 11.5. The summed E-state index contributed by atoms with van der Waals surface area (Å²) in [5.74, 6) is 0.418. The van der Waals surface area contributed by atoms with Crippen LogP contribution in [-0.4, -0.2) is 22.6 Å². The van der Waals surface area contributed by atoms with E-state index in [1.165, 1.54) is 0 Å². The van der Waals surface area contributed by atoms with Gasteiger partial charge in [-0.15, -0.1) is 0 Å². The van der Waals surface area contributed by atoms with E-state index in [2.05, 4.69) is 25.5 Å². The first-order chi connectivity index (χ1) is 9.22. The molecule has 0 aliphatic carbocycles. The molecule has 1 heterocycles. The highest BCUT2D eigenvalue weighted by Gasteiger charge is 2.16. The minimum absolute atomic E-state index is 0.260. The lowest BCUT2D eigenvalue weighted by Crippen LogP contribution is -2.11. The first kappa shape index (κ1) is 13.5. The number of benzene rings is 1. The molecule has 0 bridgehead atoms. The first-order valence-electron chi connectivity index (χ1n) is 5.58. The molecule has 0 radical (unpaired) electrons. The molecule has 0 saturated carbocycles. The van der Waals surface area contributed by atoms with Gasteiger partial charge < -0.3 is 4.74 Å². The topological polar surface area (TPSA) is 72.5 Å². The molecule has 0 saturated heterocycles. The Morgan fingerprint density at radius 2 is 2.11 bits per heavy atom. The number of hydrogen-bond acceptors (Lipinski definition) is 6. The number of anilines is 1. The Morgan fingerprint density at radius 1 is 1.37 bits per heavy atom. The number of halogens is 1. The van der Waals surface area contributed by atoms with Gasteiger partial charge in [-0.2, -0.15) is 5.10 Å². The van der Waals surface area contributed by atoms with Crippen LogP contribution >= 0.6 is 11.6 Å². The van der Waals surface area contributed by atoms with Crippen LogP contribution in [0, 0.1) is 6.92 Å². The highest BCUT2D eigenvalue weighted by molar-refractivity contribution is 6.66. The molecule has 0 unspecified atom stereocenters. The molecule has 1 aromatic heterocycles. The van der Waals surface area contributed by atoms with Crippen molar-refractivity contribution >= 4 is 22.6 Å². The number of methoxy groups -OCH3 is 1. The third-order valence-corrected chi connectivity index (χ3v) is 2.76. The lowest BCUT2D eigenvalue weighted by Gasteiger charge is -2.13. The Kier molecular flexibility index (Phi) is 4.48. The van der Waals surface area contributed by atoms with Crippen LogP contribution in [0.2, 0.25) is 0 Å². The summed E-state index contributed by atoms with van der Waals surface area (Å²) in [6, 6.07) is 9.56. The number of nitrogens with zero attached hydrogens (tertiary/aromatic N) is 3. The number of hydrogen-bond donors (Lipinski definition) is 1. The van der Waals surface area contributed by atoms with Gasteiger partial charge in [-0.25, -0.2) is 4.63 Å². The van der Waals surface area contributed by atoms with Crippen LogP contribution < -0.4 is 5.43 Å². The van der Waals surface area contributed by atoms with Crippen LogP contribution in [0.25, 0.3) is 0 Å². The molecule has 1 aromatic carbocycles. The van der Waals surface area contributed by atoms with Crippen molar-refractivity contribution in [3.63, 3.8) is 0 Å². The van der Waals surface area contributed by atoms with Crippen LogP contribution in [0.5, 0.6) is 0 Å². The van der Waals surface area contributed by atoms with Gasteiger partial charge in [0.1, 0.15) is 11.8 Å². The summed E-state index contributed by atoms with van der Waals surface area (Å²) in [6.07, 6.45) is -0.435. The van der Waals surface area contributed by atoms with Gasteiger partial charge in [0.25, 0.3) is 0 Å². The summed E-state index contributed by atoms with van der Waals surface area (Å²) in [5.41, 5.74) is 4.20. The highest BCUT2D eigenvalue weighted by atomic mass is 35.5. The molecule has 2 rings (SSSR count). The maximum Gasteiger partial charge on any atom is 0.213 e. The minimum atomic E-state index is -0.435. The Labute approximate surface area is 115 Å². The van der Waals surface area contributed by atoms with Gasteiger partial charge in [-0.3, -0.25) is 5.43 Å². The Balaban J connectivity index is 2.13. The second-order valence-electron chi connectivity index (χ2n) is 3.77. The van der Waals surface area contributed by atoms with E-state index in [1.54, 1.807) is 14.0 Å². The number of hydrazone groups is 1. The van der Waals surface area contributed by atoms with Crippen molar-refractivity contribution in [2.75, 3.05) is 12.5 Å². The maximum absolute atomic E-state index is 6.13. The van der Waals surface area contributed by atoms with E-state index in [0.717, 1.165) is 5.56 Å². The zero-order chi connectivity index (χ0) is 13.7. The van der Waals surface area contributed by atoms with Gasteiger partial charge in [-0.05, 0) is 17.6 Å². The van der Waals surface area contributed by atoms with Gasteiger partial charge in [-0.1, -0.05) is 47.1 Å². The van der Waals surface area contributed by atoms with E-state index in [1.807, 2.05) is 30.3 Å². The summed E-state index contributed by atoms with van der Waals surface area (Å²) < 4.78 is 9.88. The van der Waals surface area contributed by atoms with Crippen molar-refractivity contribution in [2.24, 2.45) is 5.10 Å². The van der Waals surface area contributed by atoms with Crippen LogP contribution in [-0.2, 0) is 4.74 Å². The molecule has 0 fully saturated rings. The van der Waals surface area contributed by atoms with Gasteiger partial charge in [0.2, 0.25) is 5.82 Å². The zero-order valence-corrected chi connectivity index (χ0v) is 11.3. The van der Waals surface area contributed by atoms with E-state index in [-0.39, 0.29) is 5.17 Å². The Bertz CT molecular complexity index is 556. The average molecular weight is 281 g/mol. The van der Waals surface area contributed by atoms with Gasteiger partial charge in [0, 0.05) is 7.11 Å². The second kappa shape index (κ2) is 6.31. The first-order valence-corrected chi connectivity index (χ1v) is 5.96. The van der Waals surface area contributed by atoms with Crippen molar-refractivity contribution in [3.8, 4) is 0 Å². The molecule has 1 N–H and O–H groups in total. The number of aromatic nitrogens is 2. The molecule has 2 aromatic rings. The van der Waals surface area contributed by atoms with Crippen molar-refractivity contribution in [2.45, 2.75) is 13.0 Å². The van der Waals surface area contributed by atoms with E-state index >= 15 is 0 Å². The van der Waals surface area contributed by atoms with Crippen LogP contribution in [0.1, 0.15) is 17.4 Å². The van der Waals surface area contributed by atoms with E-state index in [9.17, 15) is 0 Å². The monoisotopic (exact) mass is 280 g/mol. The number of rotatable bonds is 5. The molecule has 1 atom stereocenters. The van der Waals surface area contributed by atoms with Crippen LogP contribution in [0.4, 0.5) is 5.82 Å². The number of ether oxygens (including phenoxy) is 1. The molecule has 0 amide bonds. The Morgan fingerprint density at radius 3 is 2.68 bits per heavy atom. The van der Waals surface area contributed by atoms with E-state index < -0.39 is 6.10 Å². The minimum Gasteiger partial charge on any atom is -0.369 e. The largest absolute Gasteiger partial charge is 0.369 e. The lowest BCUT2D eigenvalue weighted by molar-refractivity contribution is 0.160. The molecule has 100 valence electrons. The van der Waals surface area contributed by atoms with Gasteiger partial charge in [0.15, 0.2) is 5.17 Å². The fourth-order valence-corrected chi connectivity index (χ4v) is 1.75. The standard InChI is InChI=1S/C12H13ClN4O2/c1-8-12(17-19-16-8)15-14-11(13)10(18-2)9-6-4-3-5-7-9/h3-7,10H,1-2H3,(H,15,17)/b14-11-/t10-/m0/s1. The fraction of sp³-hybridized carbons (Fsp3) is 0.250. The normalized spacial score (nSPS) is 13.3. The molecule has 0 aliphatic rings. The third kappa shape index (κ3) is 3.30. The van der Waals surface area contributed by atoms with Crippen molar-refractivity contribution in [1.29, 1.82) is 0 Å². The number of nitrogens with one attached hydrogen (secondary N) is 1. The summed E-state index contributed by atoms with van der Waals surface area (Å²) >= 11 is 6.13. The molecular formula is C12H13ClN4O2. The lowest BCUT2D eigenvalue weighted by atomic mass is 10.1. The zero-order valence-electron chi connectivity index (χ0n) is 10.5. The predicted molar refractivity (Wildman–Crippen MR) is 72.1 cm³/mol. The molecular weight excluding hydrogens is 268 g/mol. The summed E-state index contributed by atoms with van der Waals surface area (Å²) in [7, 11) is 1.57. The van der Waals surface area contributed by atoms with E-state index in [0.29, 0.717) is 11.5 Å². The molecule has 0 spiro atoms. The fourth-order valence-electron chi connectivity index (χ4n) is 1.50. The third-order valence-electron chi connectivity index (χ3n) is 2.48. The SMILES string of the molecule is CO[C@H](/C(Cl)=N/Nc1nonc1C)c1ccccc1. The van der Waals surface area contributed by atoms with E-state index in [4.69, 9.17) is 16.3 Å². The maximum atomic E-state index is 6.13. The summed E-state index contributed by atoms with van der Waals surface area (Å²) in [4.78, 5) is 0. The Hall–Kier alpha value is -1.92. The van der Waals surface area contributed by atoms with Crippen molar-refractivity contribution < 1.29 is 9.37 Å². The average Bonchev–Trinajstić information content (AvgIpc) is 2.84. The quantitative estimate of drug-likeness (QED) is 0.673. The molecule has 0 aliphatic heterocycles. The molecule has 7 heteroatoms. The number of aryl methyl sites for hydroxylation is 1. The molecule has 19 heavy (non-hydrogen) atoms. The summed E-state index contributed by atoms with van der Waals surface area (Å²) in [6.45, 7) is 1.74. The van der Waals surface area contributed by atoms with Crippen molar-refractivity contribution in [3.05, 3.63) is 41.6 Å². The second-order valence-corrected chi connectivity index (χ2v) is 4.16. The predicted octanol–water partition coefficient (Wildman–Crippen LogP) is 2.73. The van der Waals surface area contributed by atoms with Crippen LogP contribution in [0.3, 0.4) is 0 Å². The smallest absolute Gasteiger partial charge is 0.213 e. The molecule has 6 nitrogen and oxygen atoms in total. The van der Waals surface area contributed by atoms with Crippen molar-refractivity contribution in [1.82, 2.24) is 10.3 Å². The highest BCUT2D eigenvalue weighted by Crippen LogP contribution is 2.20. The van der Waals surface area contributed by atoms with Crippen LogP contribution in [0.15, 0.2) is 40.1 Å². The van der Waals surface area contributed by atoms with Gasteiger partial charge >= 0.3 is 0 Å². The van der Waals surface area contributed by atoms with Gasteiger partial charge in [0.05, 0.1) is 0 Å².